The fourth-order valence-corrected chi connectivity index (χ4v) is 1.54. The quantitative estimate of drug-likeness (QED) is 0.811. The van der Waals surface area contributed by atoms with Crippen LogP contribution in [-0.2, 0) is 22.1 Å². The Hall–Kier alpha value is -2.38. The van der Waals surface area contributed by atoms with Crippen LogP contribution in [0.25, 0.3) is 11.5 Å². The summed E-state index contributed by atoms with van der Waals surface area (Å²) in [6, 6.07) is 0.833. The molecule has 0 aliphatic rings. The molecule has 0 aliphatic heterocycles. The third kappa shape index (κ3) is 2.95. The summed E-state index contributed by atoms with van der Waals surface area (Å²) in [5, 5.41) is 0. The molecule has 0 amide bonds. The number of esters is 1. The number of aromatic nitrogens is 2. The van der Waals surface area contributed by atoms with Crippen molar-refractivity contribution < 1.29 is 27.1 Å². The highest BCUT2D eigenvalue weighted by Gasteiger charge is 2.35. The van der Waals surface area contributed by atoms with E-state index in [1.807, 2.05) is 0 Å². The summed E-state index contributed by atoms with van der Waals surface area (Å²) in [6.07, 6.45) is -1.57. The number of rotatable bonds is 3. The lowest BCUT2D eigenvalue weighted by molar-refractivity contribution is -0.140. The molecule has 0 aliphatic carbocycles. The van der Waals surface area contributed by atoms with E-state index in [0.717, 1.165) is 24.7 Å². The van der Waals surface area contributed by atoms with Gasteiger partial charge >= 0.3 is 12.1 Å². The first kappa shape index (κ1) is 14.0. The summed E-state index contributed by atoms with van der Waals surface area (Å²) in [5.41, 5.74) is -1.00. The van der Waals surface area contributed by atoms with Crippen molar-refractivity contribution in [1.82, 2.24) is 9.97 Å². The topological polar surface area (TPSA) is 65.2 Å². The van der Waals surface area contributed by atoms with Gasteiger partial charge in [-0.25, -0.2) is 4.98 Å². The molecule has 2 rings (SSSR count). The second-order valence-corrected chi connectivity index (χ2v) is 3.82. The van der Waals surface area contributed by atoms with E-state index in [1.165, 1.54) is 7.11 Å². The molecule has 0 radical (unpaired) electrons. The molecule has 0 unspecified atom stereocenters. The van der Waals surface area contributed by atoms with Crippen LogP contribution in [0.2, 0.25) is 0 Å². The van der Waals surface area contributed by atoms with Gasteiger partial charge in [0, 0.05) is 12.4 Å². The monoisotopic (exact) mass is 286 g/mol. The predicted octanol–water partition coefficient (Wildman–Crippen LogP) is 2.47. The van der Waals surface area contributed by atoms with E-state index in [9.17, 15) is 18.0 Å². The number of alkyl halides is 3. The number of carbonyl (C=O) groups excluding carboxylic acids is 1. The van der Waals surface area contributed by atoms with Crippen LogP contribution in [0.15, 0.2) is 29.1 Å². The first-order valence-corrected chi connectivity index (χ1v) is 5.44. The zero-order chi connectivity index (χ0) is 14.8. The molecule has 5 nitrogen and oxygen atoms in total. The molecule has 0 atom stereocenters. The average Bonchev–Trinajstić information content (AvgIpc) is 2.86. The van der Waals surface area contributed by atoms with Crippen molar-refractivity contribution in [3.63, 3.8) is 0 Å². The van der Waals surface area contributed by atoms with Crippen molar-refractivity contribution in [2.75, 3.05) is 7.11 Å². The van der Waals surface area contributed by atoms with Crippen molar-refractivity contribution in [1.29, 1.82) is 0 Å². The number of oxazole rings is 1. The molecule has 8 heteroatoms. The van der Waals surface area contributed by atoms with E-state index in [4.69, 9.17) is 4.42 Å². The number of halogens is 3. The Labute approximate surface area is 111 Å². The molecule has 0 fully saturated rings. The minimum Gasteiger partial charge on any atom is -0.469 e. The number of hydrogen-bond donors (Lipinski definition) is 0. The molecule has 0 bridgehead atoms. The molecule has 2 aromatic heterocycles. The van der Waals surface area contributed by atoms with Crippen molar-refractivity contribution in [3.8, 4) is 11.5 Å². The molecule has 0 aromatic carbocycles. The highest BCUT2D eigenvalue weighted by atomic mass is 19.4. The van der Waals surface area contributed by atoms with Gasteiger partial charge in [0.2, 0.25) is 5.89 Å². The van der Waals surface area contributed by atoms with Crippen LogP contribution in [0.4, 0.5) is 13.2 Å². The van der Waals surface area contributed by atoms with Gasteiger partial charge in [-0.2, -0.15) is 13.2 Å². The Morgan fingerprint density at radius 1 is 1.45 bits per heavy atom. The largest absolute Gasteiger partial charge is 0.469 e. The van der Waals surface area contributed by atoms with Gasteiger partial charge in [0.1, 0.15) is 6.26 Å². The molecule has 0 spiro atoms. The first-order valence-electron chi connectivity index (χ1n) is 5.44. The molecular formula is C12H9F3N2O3. The first-order chi connectivity index (χ1) is 9.41. The van der Waals surface area contributed by atoms with Crippen molar-refractivity contribution in [2.45, 2.75) is 12.6 Å². The van der Waals surface area contributed by atoms with Gasteiger partial charge in [-0.15, -0.1) is 0 Å². The smallest absolute Gasteiger partial charge is 0.417 e. The Balaban J connectivity index is 2.36. The van der Waals surface area contributed by atoms with Crippen LogP contribution in [0, 0.1) is 0 Å². The number of methoxy groups -OCH3 is 1. The molecule has 106 valence electrons. The van der Waals surface area contributed by atoms with Gasteiger partial charge in [0.15, 0.2) is 0 Å². The summed E-state index contributed by atoms with van der Waals surface area (Å²) >= 11 is 0. The van der Waals surface area contributed by atoms with Crippen LogP contribution in [0.5, 0.6) is 0 Å². The zero-order valence-corrected chi connectivity index (χ0v) is 10.3. The number of pyridine rings is 1. The van der Waals surface area contributed by atoms with Crippen LogP contribution in [0.3, 0.4) is 0 Å². The van der Waals surface area contributed by atoms with E-state index in [0.29, 0.717) is 0 Å². The lowest BCUT2D eigenvalue weighted by Gasteiger charge is -2.09. The standard InChI is InChI=1S/C12H9F3N2O3/c1-19-10(18)4-7-6-20-11(17-7)8-5-16-3-2-9(8)12(13,14)15/h2-3,5-6H,4H2,1H3. The normalized spacial score (nSPS) is 11.4. The second-order valence-electron chi connectivity index (χ2n) is 3.82. The Morgan fingerprint density at radius 2 is 2.20 bits per heavy atom. The van der Waals surface area contributed by atoms with E-state index < -0.39 is 17.7 Å². The molecule has 0 saturated carbocycles. The minimum absolute atomic E-state index is 0.179. The second kappa shape index (κ2) is 5.32. The molecule has 20 heavy (non-hydrogen) atoms. The maximum absolute atomic E-state index is 12.8. The predicted molar refractivity (Wildman–Crippen MR) is 60.5 cm³/mol. The van der Waals surface area contributed by atoms with Gasteiger partial charge < -0.3 is 9.15 Å². The maximum Gasteiger partial charge on any atom is 0.417 e. The molecule has 2 aromatic rings. The molecular weight excluding hydrogens is 277 g/mol. The van der Waals surface area contributed by atoms with Gasteiger partial charge in [-0.3, -0.25) is 9.78 Å². The van der Waals surface area contributed by atoms with Crippen LogP contribution < -0.4 is 0 Å². The van der Waals surface area contributed by atoms with Crippen molar-refractivity contribution in [2.24, 2.45) is 0 Å². The summed E-state index contributed by atoms with van der Waals surface area (Å²) in [4.78, 5) is 18.5. The lowest BCUT2D eigenvalue weighted by Crippen LogP contribution is -2.08. The lowest BCUT2D eigenvalue weighted by atomic mass is 10.1. The average molecular weight is 286 g/mol. The highest BCUT2D eigenvalue weighted by Crippen LogP contribution is 2.35. The molecule has 0 saturated heterocycles. The Bertz CT molecular complexity index is 622. The third-order valence-electron chi connectivity index (χ3n) is 2.46. The van der Waals surface area contributed by atoms with Crippen LogP contribution in [-0.4, -0.2) is 23.0 Å². The Morgan fingerprint density at radius 3 is 2.85 bits per heavy atom. The summed E-state index contributed by atoms with van der Waals surface area (Å²) in [5.74, 6) is -0.809. The summed E-state index contributed by atoms with van der Waals surface area (Å²) in [6.45, 7) is 0. The summed E-state index contributed by atoms with van der Waals surface area (Å²) in [7, 11) is 1.20. The van der Waals surface area contributed by atoms with Crippen LogP contribution >= 0.6 is 0 Å². The zero-order valence-electron chi connectivity index (χ0n) is 10.3. The van der Waals surface area contributed by atoms with Gasteiger partial charge in [0.25, 0.3) is 0 Å². The number of ether oxygens (including phenoxy) is 1. The Kier molecular flexibility index (Phi) is 3.73. The maximum atomic E-state index is 12.8. The van der Waals surface area contributed by atoms with E-state index >= 15 is 0 Å². The third-order valence-corrected chi connectivity index (χ3v) is 2.46. The number of nitrogens with zero attached hydrogens (tertiary/aromatic N) is 2. The minimum atomic E-state index is -4.55. The van der Waals surface area contributed by atoms with E-state index in [-0.39, 0.29) is 23.6 Å². The molecule has 0 N–H and O–H groups in total. The van der Waals surface area contributed by atoms with Gasteiger partial charge in [0.05, 0.1) is 30.4 Å². The van der Waals surface area contributed by atoms with Gasteiger partial charge in [-0.05, 0) is 6.07 Å². The van der Waals surface area contributed by atoms with Crippen LogP contribution in [0.1, 0.15) is 11.3 Å². The highest BCUT2D eigenvalue weighted by molar-refractivity contribution is 5.72. The van der Waals surface area contributed by atoms with E-state index in [1.54, 1.807) is 0 Å². The fraction of sp³-hybridized carbons (Fsp3) is 0.250. The number of carbonyl (C=O) groups is 1. The molecule has 2 heterocycles. The summed E-state index contributed by atoms with van der Waals surface area (Å²) < 4.78 is 47.9. The van der Waals surface area contributed by atoms with Crippen molar-refractivity contribution >= 4 is 5.97 Å². The van der Waals surface area contributed by atoms with Crippen molar-refractivity contribution in [3.05, 3.63) is 36.0 Å². The van der Waals surface area contributed by atoms with Gasteiger partial charge in [-0.1, -0.05) is 0 Å². The SMILES string of the molecule is COC(=O)Cc1coc(-c2cnccc2C(F)(F)F)n1. The fourth-order valence-electron chi connectivity index (χ4n) is 1.54. The van der Waals surface area contributed by atoms with E-state index in [2.05, 4.69) is 14.7 Å². The number of hydrogen-bond acceptors (Lipinski definition) is 5.